The fraction of sp³-hybridized carbons (Fsp3) is 0.279. The lowest BCUT2D eigenvalue weighted by Gasteiger charge is -2.26. The van der Waals surface area contributed by atoms with Gasteiger partial charge in [-0.2, -0.15) is 0 Å². The average molecular weight is 789 g/mol. The van der Waals surface area contributed by atoms with Crippen LogP contribution in [0.2, 0.25) is 0 Å². The molecule has 0 saturated heterocycles. The summed E-state index contributed by atoms with van der Waals surface area (Å²) in [6.45, 7) is 0. The van der Waals surface area contributed by atoms with Gasteiger partial charge in [-0.15, -0.1) is 0 Å². The molecule has 0 heterocycles. The molecule has 12 rings (SSSR count). The van der Waals surface area contributed by atoms with Crippen LogP contribution in [0.25, 0.3) is 5.57 Å². The maximum atomic E-state index is 2.60. The maximum absolute atomic E-state index is 2.60. The number of hydrogen-bond acceptors (Lipinski definition) is 0. The lowest BCUT2D eigenvalue weighted by Crippen LogP contribution is -2.14. The van der Waals surface area contributed by atoms with Gasteiger partial charge in [0, 0.05) is 22.7 Å². The Morgan fingerprint density at radius 1 is 0.689 bits per heavy atom. The summed E-state index contributed by atoms with van der Waals surface area (Å²) in [6.07, 6.45) is 54.2. The first-order valence-corrected chi connectivity index (χ1v) is 23.4. The van der Waals surface area contributed by atoms with Crippen molar-refractivity contribution in [2.75, 3.05) is 0 Å². The van der Waals surface area contributed by atoms with Crippen LogP contribution in [0.15, 0.2) is 233 Å². The van der Waals surface area contributed by atoms with E-state index in [9.17, 15) is 0 Å². The second-order valence-electron chi connectivity index (χ2n) is 19.4. The first-order chi connectivity index (χ1) is 30.2. The van der Waals surface area contributed by atoms with Crippen molar-refractivity contribution < 1.29 is 0 Å². The fourth-order valence-electron chi connectivity index (χ4n) is 12.4. The molecule has 61 heavy (non-hydrogen) atoms. The van der Waals surface area contributed by atoms with E-state index in [1.807, 2.05) is 0 Å². The van der Waals surface area contributed by atoms with Gasteiger partial charge < -0.3 is 0 Å². The van der Waals surface area contributed by atoms with Gasteiger partial charge in [0.2, 0.25) is 0 Å². The fourth-order valence-corrected chi connectivity index (χ4v) is 12.4. The highest BCUT2D eigenvalue weighted by molar-refractivity contribution is 5.76. The first-order valence-electron chi connectivity index (χ1n) is 23.4. The molecule has 3 aromatic carbocycles. The van der Waals surface area contributed by atoms with E-state index in [2.05, 4.69) is 194 Å². The molecule has 0 N–H and O–H groups in total. The molecule has 300 valence electrons. The molecular formula is C61H56. The van der Waals surface area contributed by atoms with Crippen molar-refractivity contribution >= 4 is 5.57 Å². The molecule has 0 spiro atoms. The van der Waals surface area contributed by atoms with E-state index in [4.69, 9.17) is 0 Å². The Balaban J connectivity index is 0.781. The summed E-state index contributed by atoms with van der Waals surface area (Å²) < 4.78 is 0. The summed E-state index contributed by atoms with van der Waals surface area (Å²) in [6, 6.07) is 31.9. The predicted molar refractivity (Wildman–Crippen MR) is 255 cm³/mol. The van der Waals surface area contributed by atoms with Gasteiger partial charge >= 0.3 is 0 Å². The third-order valence-electron chi connectivity index (χ3n) is 16.0. The smallest absolute Gasteiger partial charge is 0.0279 e. The van der Waals surface area contributed by atoms with E-state index in [0.29, 0.717) is 23.7 Å². The van der Waals surface area contributed by atoms with Crippen LogP contribution in [0.3, 0.4) is 0 Å². The van der Waals surface area contributed by atoms with Gasteiger partial charge in [-0.25, -0.2) is 0 Å². The molecule has 0 bridgehead atoms. The van der Waals surface area contributed by atoms with Crippen molar-refractivity contribution in [3.05, 3.63) is 256 Å². The SMILES string of the molecule is C1=CC2=C(CCCC3=CC4CC4(c4ccccc4)C=C3)C=CC3(c4ccc(C(CC5=CC=C(C6=CC=CC7CC67)CC5)C5=CC=C(c6ccccc6)C=CC5)cc4)C(C=C1)C23. The summed E-state index contributed by atoms with van der Waals surface area (Å²) in [4.78, 5) is 0. The third-order valence-corrected chi connectivity index (χ3v) is 16.0. The van der Waals surface area contributed by atoms with Crippen LogP contribution in [-0.2, 0) is 10.8 Å². The largest absolute Gasteiger partial charge is 0.0808 e. The van der Waals surface area contributed by atoms with Crippen LogP contribution in [-0.4, -0.2) is 0 Å². The van der Waals surface area contributed by atoms with E-state index in [0.717, 1.165) is 43.9 Å². The van der Waals surface area contributed by atoms with Crippen LogP contribution in [0, 0.1) is 29.6 Å². The van der Waals surface area contributed by atoms with Gasteiger partial charge in [0.05, 0.1) is 0 Å². The third kappa shape index (κ3) is 6.66. The predicted octanol–water partition coefficient (Wildman–Crippen LogP) is 15.0. The number of fused-ring (bicyclic) bond motifs is 3. The van der Waals surface area contributed by atoms with Crippen molar-refractivity contribution in [3.63, 3.8) is 0 Å². The molecule has 0 aromatic heterocycles. The summed E-state index contributed by atoms with van der Waals surface area (Å²) >= 11 is 0. The number of benzene rings is 3. The normalized spacial score (nSPS) is 31.2. The minimum absolute atomic E-state index is 0.0593. The molecule has 9 aliphatic carbocycles. The highest BCUT2D eigenvalue weighted by Gasteiger charge is 2.65. The highest BCUT2D eigenvalue weighted by Crippen LogP contribution is 2.68. The molecule has 3 aromatic rings. The van der Waals surface area contributed by atoms with Gasteiger partial charge in [-0.3, -0.25) is 0 Å². The molecule has 0 aliphatic heterocycles. The second-order valence-corrected chi connectivity index (χ2v) is 19.4. The van der Waals surface area contributed by atoms with Gasteiger partial charge in [0.25, 0.3) is 0 Å². The highest BCUT2D eigenvalue weighted by atomic mass is 14.7. The van der Waals surface area contributed by atoms with E-state index >= 15 is 0 Å². The van der Waals surface area contributed by atoms with Crippen LogP contribution in [0.1, 0.15) is 86.0 Å². The van der Waals surface area contributed by atoms with E-state index in [1.165, 1.54) is 64.7 Å². The monoisotopic (exact) mass is 788 g/mol. The van der Waals surface area contributed by atoms with Crippen LogP contribution in [0.4, 0.5) is 0 Å². The number of hydrogen-bond donors (Lipinski definition) is 0. The zero-order chi connectivity index (χ0) is 40.4. The molecule has 8 atom stereocenters. The quantitative estimate of drug-likeness (QED) is 0.171. The summed E-state index contributed by atoms with van der Waals surface area (Å²) in [5.74, 6) is 3.62. The molecule has 9 aliphatic rings. The standard InChI is InChI=1S/C61H56/c1-3-13-44(14-4-1)45-15-10-17-46(29-28-45)56(39-43-24-26-48(27-25-43)54-22-11-18-50-40-57(50)54)49-30-32-52(33-31-49)61-37-35-47(55-21-7-8-23-58(61)59(55)61)16-9-12-42-34-36-60(41-53(60)38-42)51-19-5-2-6-20-51/h1-8,10-11,13-15,18-24,26,28-38,50,53,56-59H,9,12,16-17,25,27,39-41H2. The maximum Gasteiger partial charge on any atom is 0.0279 e. The van der Waals surface area contributed by atoms with Crippen molar-refractivity contribution in [1.82, 2.24) is 0 Å². The first kappa shape index (κ1) is 37.1. The van der Waals surface area contributed by atoms with Gasteiger partial charge in [-0.05, 0) is 132 Å². The lowest BCUT2D eigenvalue weighted by molar-refractivity contribution is 0.713. The van der Waals surface area contributed by atoms with E-state index < -0.39 is 0 Å². The molecule has 8 unspecified atom stereocenters. The van der Waals surface area contributed by atoms with E-state index in [1.54, 1.807) is 27.9 Å². The lowest BCUT2D eigenvalue weighted by atomic mass is 9.78. The van der Waals surface area contributed by atoms with Crippen LogP contribution in [0.5, 0.6) is 0 Å². The summed E-state index contributed by atoms with van der Waals surface area (Å²) in [7, 11) is 0. The minimum atomic E-state index is 0.0593. The van der Waals surface area contributed by atoms with Gasteiger partial charge in [0.15, 0.2) is 0 Å². The van der Waals surface area contributed by atoms with Crippen molar-refractivity contribution in [2.45, 2.75) is 74.5 Å². The number of rotatable bonds is 12. The molecule has 0 heteroatoms. The Hall–Kier alpha value is -5.72. The second kappa shape index (κ2) is 15.0. The van der Waals surface area contributed by atoms with Gasteiger partial charge in [-0.1, -0.05) is 211 Å². The van der Waals surface area contributed by atoms with Crippen LogP contribution < -0.4 is 0 Å². The zero-order valence-electron chi connectivity index (χ0n) is 35.3. The molecule has 0 amide bonds. The van der Waals surface area contributed by atoms with Gasteiger partial charge in [0.1, 0.15) is 0 Å². The zero-order valence-corrected chi connectivity index (χ0v) is 35.3. The Morgan fingerprint density at radius 3 is 2.39 bits per heavy atom. The van der Waals surface area contributed by atoms with E-state index in [-0.39, 0.29) is 10.8 Å². The molecule has 3 saturated carbocycles. The van der Waals surface area contributed by atoms with Crippen molar-refractivity contribution in [3.8, 4) is 0 Å². The molecular weight excluding hydrogens is 733 g/mol. The summed E-state index contributed by atoms with van der Waals surface area (Å²) in [5.41, 5.74) is 18.2. The molecule has 0 nitrogen and oxygen atoms in total. The Labute approximate surface area is 363 Å². The molecule has 0 radical (unpaired) electrons. The minimum Gasteiger partial charge on any atom is -0.0808 e. The number of allylic oxidation sites excluding steroid dienone is 26. The Morgan fingerprint density at radius 2 is 1.56 bits per heavy atom. The average Bonchev–Trinajstić information content (AvgIpc) is 4.21. The Bertz CT molecular complexity index is 2670. The van der Waals surface area contributed by atoms with Crippen LogP contribution >= 0.6 is 0 Å². The van der Waals surface area contributed by atoms with Crippen molar-refractivity contribution in [2.24, 2.45) is 29.6 Å². The summed E-state index contributed by atoms with van der Waals surface area (Å²) in [5, 5.41) is 0. The topological polar surface area (TPSA) is 0 Å². The van der Waals surface area contributed by atoms with Crippen molar-refractivity contribution in [1.29, 1.82) is 0 Å². The Kier molecular flexibility index (Phi) is 9.13. The molecule has 3 fully saturated rings.